The highest BCUT2D eigenvalue weighted by molar-refractivity contribution is 5.97. The first-order valence-electron chi connectivity index (χ1n) is 7.19. The number of aliphatic hydroxyl groups excluding tert-OH is 1. The molecule has 0 fully saturated rings. The smallest absolute Gasteiger partial charge is 0.227 e. The van der Waals surface area contributed by atoms with Gasteiger partial charge in [0.05, 0.1) is 6.04 Å². The van der Waals surface area contributed by atoms with Crippen molar-refractivity contribution in [2.24, 2.45) is 0 Å². The van der Waals surface area contributed by atoms with Crippen LogP contribution in [0.1, 0.15) is 18.4 Å². The van der Waals surface area contributed by atoms with Gasteiger partial charge in [-0.3, -0.25) is 9.59 Å². The Morgan fingerprint density at radius 3 is 2.73 bits per heavy atom. The maximum atomic E-state index is 12.2. The topological polar surface area (TPSA) is 57.6 Å². The second-order valence-corrected chi connectivity index (χ2v) is 5.05. The summed E-state index contributed by atoms with van der Waals surface area (Å²) in [4.78, 5) is 25.3. The second-order valence-electron chi connectivity index (χ2n) is 5.05. The first-order chi connectivity index (χ1) is 10.6. The van der Waals surface area contributed by atoms with Gasteiger partial charge in [-0.1, -0.05) is 48.6 Å². The Hall–Kier alpha value is -2.46. The highest BCUT2D eigenvalue weighted by Gasteiger charge is 2.33. The highest BCUT2D eigenvalue weighted by atomic mass is 16.3. The van der Waals surface area contributed by atoms with E-state index in [1.54, 1.807) is 18.2 Å². The zero-order valence-electron chi connectivity index (χ0n) is 12.3. The van der Waals surface area contributed by atoms with Crippen molar-refractivity contribution in [1.29, 1.82) is 0 Å². The van der Waals surface area contributed by atoms with E-state index in [9.17, 15) is 14.7 Å². The molecule has 0 saturated carbocycles. The van der Waals surface area contributed by atoms with Crippen LogP contribution in [0.15, 0.2) is 61.3 Å². The van der Waals surface area contributed by atoms with Crippen LogP contribution in [-0.2, 0) is 9.59 Å². The lowest BCUT2D eigenvalue weighted by molar-refractivity contribution is -0.135. The molecule has 1 aliphatic rings. The van der Waals surface area contributed by atoms with Crippen molar-refractivity contribution in [2.75, 3.05) is 0 Å². The Balaban J connectivity index is 2.21. The van der Waals surface area contributed by atoms with E-state index >= 15 is 0 Å². The van der Waals surface area contributed by atoms with Crippen LogP contribution in [0.25, 0.3) is 6.08 Å². The summed E-state index contributed by atoms with van der Waals surface area (Å²) >= 11 is 0. The first-order valence-corrected chi connectivity index (χ1v) is 7.19. The van der Waals surface area contributed by atoms with E-state index in [-0.39, 0.29) is 5.91 Å². The minimum absolute atomic E-state index is 0.148. The number of carbonyl (C=O) groups excluding carboxylic acids is 2. The molecule has 1 aromatic rings. The summed E-state index contributed by atoms with van der Waals surface area (Å²) in [6.07, 6.45) is 7.46. The number of hydrogen-bond acceptors (Lipinski definition) is 3. The molecule has 114 valence electrons. The first kappa shape index (κ1) is 15.9. The Labute approximate surface area is 130 Å². The van der Waals surface area contributed by atoms with Gasteiger partial charge in [0.1, 0.15) is 6.10 Å². The number of carbonyl (C=O) groups is 2. The normalized spacial score (nSPS) is 21.3. The van der Waals surface area contributed by atoms with E-state index in [1.165, 1.54) is 17.2 Å². The maximum Gasteiger partial charge on any atom is 0.227 e. The Kier molecular flexibility index (Phi) is 5.44. The summed E-state index contributed by atoms with van der Waals surface area (Å²) in [5, 5.41) is 10.1. The molecule has 0 radical (unpaired) electrons. The molecule has 22 heavy (non-hydrogen) atoms. The lowest BCUT2D eigenvalue weighted by atomic mass is 9.99. The molecule has 1 aliphatic heterocycles. The van der Waals surface area contributed by atoms with Gasteiger partial charge in [-0.25, -0.2) is 0 Å². The van der Waals surface area contributed by atoms with Crippen LogP contribution in [0.2, 0.25) is 0 Å². The number of hydrogen-bond donors (Lipinski definition) is 1. The van der Waals surface area contributed by atoms with E-state index in [4.69, 9.17) is 0 Å². The molecule has 4 nitrogen and oxygen atoms in total. The van der Waals surface area contributed by atoms with Gasteiger partial charge in [0, 0.05) is 18.7 Å². The largest absolute Gasteiger partial charge is 0.382 e. The van der Waals surface area contributed by atoms with Crippen LogP contribution in [0, 0.1) is 0 Å². The molecule has 1 amide bonds. The van der Waals surface area contributed by atoms with Crippen LogP contribution in [0.5, 0.6) is 0 Å². The number of allylic oxidation sites excluding steroid dienone is 1. The fraction of sp³-hybridized carbons (Fsp3) is 0.222. The van der Waals surface area contributed by atoms with Crippen molar-refractivity contribution < 1.29 is 14.7 Å². The van der Waals surface area contributed by atoms with E-state index in [1.807, 2.05) is 30.3 Å². The molecule has 1 heterocycles. The molecule has 0 saturated heterocycles. The zero-order chi connectivity index (χ0) is 15.9. The Morgan fingerprint density at radius 2 is 2.05 bits per heavy atom. The summed E-state index contributed by atoms with van der Waals surface area (Å²) in [5.41, 5.74) is 0.940. The minimum Gasteiger partial charge on any atom is -0.382 e. The van der Waals surface area contributed by atoms with Gasteiger partial charge < -0.3 is 10.0 Å². The fourth-order valence-electron chi connectivity index (χ4n) is 2.25. The van der Waals surface area contributed by atoms with Crippen LogP contribution in [0.3, 0.4) is 0 Å². The molecule has 2 atom stereocenters. The van der Waals surface area contributed by atoms with E-state index in [0.29, 0.717) is 12.8 Å². The van der Waals surface area contributed by atoms with Gasteiger partial charge in [-0.05, 0) is 12.0 Å². The number of nitrogens with zero attached hydrogens (tertiary/aromatic N) is 1. The average molecular weight is 297 g/mol. The van der Waals surface area contributed by atoms with Gasteiger partial charge >= 0.3 is 0 Å². The predicted molar refractivity (Wildman–Crippen MR) is 85.7 cm³/mol. The summed E-state index contributed by atoms with van der Waals surface area (Å²) < 4.78 is 0. The van der Waals surface area contributed by atoms with Crippen molar-refractivity contribution >= 4 is 17.8 Å². The Morgan fingerprint density at radius 1 is 1.32 bits per heavy atom. The van der Waals surface area contributed by atoms with E-state index in [2.05, 4.69) is 6.58 Å². The monoisotopic (exact) mass is 297 g/mol. The minimum atomic E-state index is -1.24. The highest BCUT2D eigenvalue weighted by Crippen LogP contribution is 2.18. The number of benzene rings is 1. The molecular formula is C18H19NO3. The second kappa shape index (κ2) is 7.52. The molecule has 1 aromatic carbocycles. The molecule has 4 heteroatoms. The molecule has 0 spiro atoms. The number of rotatable bonds is 5. The van der Waals surface area contributed by atoms with Gasteiger partial charge in [-0.15, -0.1) is 6.58 Å². The summed E-state index contributed by atoms with van der Waals surface area (Å²) in [7, 11) is 0. The fourth-order valence-corrected chi connectivity index (χ4v) is 2.25. The van der Waals surface area contributed by atoms with Gasteiger partial charge in [0.15, 0.2) is 5.78 Å². The molecule has 0 bridgehead atoms. The molecule has 0 aliphatic carbocycles. The maximum absolute atomic E-state index is 12.2. The van der Waals surface area contributed by atoms with Crippen LogP contribution >= 0.6 is 0 Å². The Bertz CT molecular complexity index is 604. The lowest BCUT2D eigenvalue weighted by Gasteiger charge is -2.32. The van der Waals surface area contributed by atoms with Crippen molar-refractivity contribution in [3.8, 4) is 0 Å². The summed E-state index contributed by atoms with van der Waals surface area (Å²) in [6.45, 7) is 3.59. The van der Waals surface area contributed by atoms with Crippen LogP contribution in [0.4, 0.5) is 0 Å². The molecule has 0 unspecified atom stereocenters. The summed E-state index contributed by atoms with van der Waals surface area (Å²) in [5.74, 6) is -0.541. The third-order valence-corrected chi connectivity index (χ3v) is 3.47. The van der Waals surface area contributed by atoms with Gasteiger partial charge in [-0.2, -0.15) is 0 Å². The van der Waals surface area contributed by atoms with Gasteiger partial charge in [0.25, 0.3) is 0 Å². The van der Waals surface area contributed by atoms with E-state index in [0.717, 1.165) is 5.56 Å². The van der Waals surface area contributed by atoms with Crippen molar-refractivity contribution in [3.63, 3.8) is 0 Å². The number of ketones is 1. The standard InChI is InChI=1S/C18H19NO3/c1-2-3-9-17(21)19-13-12-16(20)18(22)15(19)11-10-14-7-5-4-6-8-14/h2,4-8,10-13,15,18,22H,1,3,9H2/b11-10+/t15-,18+/m1/s1. The molecule has 0 aromatic heterocycles. The SMILES string of the molecule is C=CCCC(=O)N1C=CC(=O)[C@@H](O)[C@H]1/C=C/c1ccccc1. The van der Waals surface area contributed by atoms with Crippen molar-refractivity contribution in [1.82, 2.24) is 4.90 Å². The van der Waals surface area contributed by atoms with Crippen LogP contribution in [-0.4, -0.2) is 33.8 Å². The molecule has 1 N–H and O–H groups in total. The third kappa shape index (κ3) is 3.80. The molecular weight excluding hydrogens is 278 g/mol. The van der Waals surface area contributed by atoms with Crippen LogP contribution < -0.4 is 0 Å². The van der Waals surface area contributed by atoms with E-state index < -0.39 is 17.9 Å². The summed E-state index contributed by atoms with van der Waals surface area (Å²) in [6, 6.07) is 8.84. The van der Waals surface area contributed by atoms with Crippen molar-refractivity contribution in [2.45, 2.75) is 25.0 Å². The average Bonchev–Trinajstić information content (AvgIpc) is 2.55. The zero-order valence-corrected chi connectivity index (χ0v) is 12.3. The van der Waals surface area contributed by atoms with Gasteiger partial charge in [0.2, 0.25) is 5.91 Å². The quantitative estimate of drug-likeness (QED) is 0.849. The number of aliphatic hydroxyl groups is 1. The molecule has 2 rings (SSSR count). The third-order valence-electron chi connectivity index (χ3n) is 3.47. The predicted octanol–water partition coefficient (Wildman–Crippen LogP) is 2.32. The number of amides is 1. The lowest BCUT2D eigenvalue weighted by Crippen LogP contribution is -2.48. The van der Waals surface area contributed by atoms with Crippen molar-refractivity contribution in [3.05, 3.63) is 66.9 Å².